The standard InChI is InChI=1S/C53H102O7/c1-4-7-10-13-16-19-22-25-28-31-34-37-40-43-50(55)58-47-53(46-54,48-59-51(56)44-41-38-35-32-29-26-23-20-17-14-11-8-5-2)49-60-52(57)45-42-39-36-33-30-27-24-21-18-15-12-9-6-3/h54H,4-49H2,1-3H3. The second kappa shape index (κ2) is 46.9. The first kappa shape index (κ1) is 58.4. The maximum atomic E-state index is 12.8. The lowest BCUT2D eigenvalue weighted by molar-refractivity contribution is -0.165. The Balaban J connectivity index is 4.56. The highest BCUT2D eigenvalue weighted by atomic mass is 16.6. The topological polar surface area (TPSA) is 99.1 Å². The van der Waals surface area contributed by atoms with Gasteiger partial charge in [0.2, 0.25) is 0 Å². The molecule has 0 radical (unpaired) electrons. The summed E-state index contributed by atoms with van der Waals surface area (Å²) in [7, 11) is 0. The predicted molar refractivity (Wildman–Crippen MR) is 253 cm³/mol. The van der Waals surface area contributed by atoms with Crippen LogP contribution in [0.5, 0.6) is 0 Å². The molecule has 0 amide bonds. The molecule has 0 saturated heterocycles. The summed E-state index contributed by atoms with van der Waals surface area (Å²) in [5.74, 6) is -0.979. The van der Waals surface area contributed by atoms with Gasteiger partial charge in [-0.3, -0.25) is 14.4 Å². The van der Waals surface area contributed by atoms with Crippen molar-refractivity contribution >= 4 is 17.9 Å². The molecular weight excluding hydrogens is 749 g/mol. The van der Waals surface area contributed by atoms with Gasteiger partial charge in [-0.2, -0.15) is 0 Å². The van der Waals surface area contributed by atoms with E-state index in [1.54, 1.807) is 0 Å². The lowest BCUT2D eigenvalue weighted by atomic mass is 9.92. The molecule has 0 saturated carbocycles. The fourth-order valence-corrected chi connectivity index (χ4v) is 8.04. The third kappa shape index (κ3) is 41.7. The fraction of sp³-hybridized carbons (Fsp3) is 0.943. The summed E-state index contributed by atoms with van der Waals surface area (Å²) < 4.78 is 17.0. The summed E-state index contributed by atoms with van der Waals surface area (Å²) >= 11 is 0. The molecule has 0 aliphatic carbocycles. The Labute approximate surface area is 372 Å². The van der Waals surface area contributed by atoms with E-state index < -0.39 is 12.0 Å². The number of carbonyl (C=O) groups excluding carboxylic acids is 3. The van der Waals surface area contributed by atoms with E-state index in [4.69, 9.17) is 14.2 Å². The van der Waals surface area contributed by atoms with Gasteiger partial charge >= 0.3 is 17.9 Å². The Morgan fingerprint density at radius 3 is 0.633 bits per heavy atom. The third-order valence-electron chi connectivity index (χ3n) is 12.4. The molecule has 60 heavy (non-hydrogen) atoms. The number of rotatable bonds is 49. The molecule has 0 fully saturated rings. The van der Waals surface area contributed by atoms with E-state index in [1.165, 1.54) is 193 Å². The van der Waals surface area contributed by atoms with E-state index in [0.717, 1.165) is 57.8 Å². The van der Waals surface area contributed by atoms with Crippen LogP contribution < -0.4 is 0 Å². The van der Waals surface area contributed by atoms with Crippen LogP contribution in [-0.4, -0.2) is 49.4 Å². The molecule has 0 unspecified atom stereocenters. The number of carbonyl (C=O) groups is 3. The number of aliphatic hydroxyl groups is 1. The van der Waals surface area contributed by atoms with Crippen LogP contribution in [0.3, 0.4) is 0 Å². The molecule has 356 valence electrons. The Morgan fingerprint density at radius 2 is 0.467 bits per heavy atom. The lowest BCUT2D eigenvalue weighted by Crippen LogP contribution is -2.42. The Bertz CT molecular complexity index is 809. The first-order chi connectivity index (χ1) is 29.4. The minimum absolute atomic E-state index is 0.154. The number of hydrogen-bond acceptors (Lipinski definition) is 7. The van der Waals surface area contributed by atoms with Crippen molar-refractivity contribution in [2.75, 3.05) is 26.4 Å². The van der Waals surface area contributed by atoms with E-state index in [2.05, 4.69) is 20.8 Å². The Kier molecular flexibility index (Phi) is 45.6. The van der Waals surface area contributed by atoms with E-state index in [1.807, 2.05) is 0 Å². The first-order valence-electron chi connectivity index (χ1n) is 26.5. The van der Waals surface area contributed by atoms with E-state index in [9.17, 15) is 19.5 Å². The summed E-state index contributed by atoms with van der Waals surface area (Å²) in [4.78, 5) is 38.3. The molecule has 0 heterocycles. The molecule has 7 heteroatoms. The van der Waals surface area contributed by atoms with Crippen molar-refractivity contribution in [2.24, 2.45) is 5.41 Å². The highest BCUT2D eigenvalue weighted by Gasteiger charge is 2.35. The SMILES string of the molecule is CCCCCCCCCCCCCCCC(=O)OCC(CO)(COC(=O)CCCCCCCCCCCCCCC)COC(=O)CCCCCCCCCCCCCCC. The summed E-state index contributed by atoms with van der Waals surface area (Å²) in [6.45, 7) is 5.90. The molecule has 0 rings (SSSR count). The van der Waals surface area contributed by atoms with E-state index in [0.29, 0.717) is 19.3 Å². The van der Waals surface area contributed by atoms with E-state index in [-0.39, 0.29) is 37.7 Å². The van der Waals surface area contributed by atoms with Gasteiger partial charge in [0, 0.05) is 19.3 Å². The molecule has 0 aromatic carbocycles. The molecular formula is C53H102O7. The second-order valence-electron chi connectivity index (χ2n) is 18.6. The molecule has 0 atom stereocenters. The summed E-state index contributed by atoms with van der Waals surface area (Å²) in [5.41, 5.74) is -1.18. The Morgan fingerprint density at radius 1 is 0.300 bits per heavy atom. The monoisotopic (exact) mass is 851 g/mol. The summed E-state index contributed by atoms with van der Waals surface area (Å²) in [5, 5.41) is 10.5. The van der Waals surface area contributed by atoms with Crippen molar-refractivity contribution in [3.05, 3.63) is 0 Å². The number of hydrogen-bond donors (Lipinski definition) is 1. The van der Waals surface area contributed by atoms with Crippen LogP contribution in [0.15, 0.2) is 0 Å². The maximum Gasteiger partial charge on any atom is 0.305 e. The van der Waals surface area contributed by atoms with Gasteiger partial charge in [0.15, 0.2) is 0 Å². The minimum atomic E-state index is -1.18. The van der Waals surface area contributed by atoms with Crippen LogP contribution in [0.25, 0.3) is 0 Å². The predicted octanol–water partition coefficient (Wildman–Crippen LogP) is 16.0. The number of esters is 3. The van der Waals surface area contributed by atoms with Crippen molar-refractivity contribution in [3.63, 3.8) is 0 Å². The molecule has 0 aromatic rings. The van der Waals surface area contributed by atoms with Crippen LogP contribution in [0.2, 0.25) is 0 Å². The number of unbranched alkanes of at least 4 members (excludes halogenated alkanes) is 36. The quantitative estimate of drug-likeness (QED) is 0.0370. The zero-order valence-corrected chi connectivity index (χ0v) is 40.4. The molecule has 0 aliphatic rings. The van der Waals surface area contributed by atoms with Crippen molar-refractivity contribution in [3.8, 4) is 0 Å². The van der Waals surface area contributed by atoms with Gasteiger partial charge in [-0.1, -0.05) is 252 Å². The summed E-state index contributed by atoms with van der Waals surface area (Å²) in [6, 6.07) is 0. The van der Waals surface area contributed by atoms with Crippen molar-refractivity contribution in [1.29, 1.82) is 0 Å². The van der Waals surface area contributed by atoms with Gasteiger partial charge in [0.1, 0.15) is 19.8 Å². The van der Waals surface area contributed by atoms with Gasteiger partial charge in [0.25, 0.3) is 0 Å². The summed E-state index contributed by atoms with van der Waals surface area (Å²) in [6.07, 6.45) is 49.2. The van der Waals surface area contributed by atoms with Gasteiger partial charge in [-0.05, 0) is 19.3 Å². The molecule has 0 spiro atoms. The fourth-order valence-electron chi connectivity index (χ4n) is 8.04. The zero-order chi connectivity index (χ0) is 43.9. The second-order valence-corrected chi connectivity index (χ2v) is 18.6. The molecule has 1 N–H and O–H groups in total. The van der Waals surface area contributed by atoms with Crippen molar-refractivity contribution in [2.45, 2.75) is 290 Å². The van der Waals surface area contributed by atoms with Crippen molar-refractivity contribution < 1.29 is 33.7 Å². The van der Waals surface area contributed by atoms with Crippen LogP contribution in [0.1, 0.15) is 290 Å². The van der Waals surface area contributed by atoms with Crippen LogP contribution >= 0.6 is 0 Å². The molecule has 0 aliphatic heterocycles. The number of aliphatic hydroxyl groups excluding tert-OH is 1. The zero-order valence-electron chi connectivity index (χ0n) is 40.4. The average Bonchev–Trinajstić information content (AvgIpc) is 3.25. The smallest absolute Gasteiger partial charge is 0.305 e. The lowest BCUT2D eigenvalue weighted by Gasteiger charge is -2.30. The average molecular weight is 851 g/mol. The highest BCUT2D eigenvalue weighted by Crippen LogP contribution is 2.22. The van der Waals surface area contributed by atoms with Gasteiger partial charge in [0.05, 0.1) is 12.0 Å². The largest absolute Gasteiger partial charge is 0.465 e. The molecule has 0 aromatic heterocycles. The third-order valence-corrected chi connectivity index (χ3v) is 12.4. The molecule has 0 bridgehead atoms. The van der Waals surface area contributed by atoms with Gasteiger partial charge in [-0.25, -0.2) is 0 Å². The minimum Gasteiger partial charge on any atom is -0.465 e. The van der Waals surface area contributed by atoms with Gasteiger partial charge in [-0.15, -0.1) is 0 Å². The first-order valence-corrected chi connectivity index (χ1v) is 26.5. The highest BCUT2D eigenvalue weighted by molar-refractivity contribution is 5.70. The van der Waals surface area contributed by atoms with Crippen LogP contribution in [0, 0.1) is 5.41 Å². The Hall–Kier alpha value is -1.63. The van der Waals surface area contributed by atoms with Crippen LogP contribution in [0.4, 0.5) is 0 Å². The van der Waals surface area contributed by atoms with Crippen LogP contribution in [-0.2, 0) is 28.6 Å². The normalized spacial score (nSPS) is 11.6. The maximum absolute atomic E-state index is 12.8. The molecule has 7 nitrogen and oxygen atoms in total. The van der Waals surface area contributed by atoms with Crippen molar-refractivity contribution in [1.82, 2.24) is 0 Å². The number of ether oxygens (including phenoxy) is 3. The van der Waals surface area contributed by atoms with Gasteiger partial charge < -0.3 is 19.3 Å². The van der Waals surface area contributed by atoms with E-state index >= 15 is 0 Å².